The molecular weight excluding hydrogens is 324 g/mol. The Labute approximate surface area is 146 Å². The summed E-state index contributed by atoms with van der Waals surface area (Å²) in [4.78, 5) is 23.4. The molecule has 0 heterocycles. The van der Waals surface area contributed by atoms with Gasteiger partial charge in [-0.2, -0.15) is 0 Å². The van der Waals surface area contributed by atoms with Crippen molar-refractivity contribution in [1.29, 1.82) is 0 Å². The molecule has 6 heteroatoms. The van der Waals surface area contributed by atoms with Crippen LogP contribution in [0, 0.1) is 0 Å². The third-order valence-electron chi connectivity index (χ3n) is 3.23. The molecule has 25 heavy (non-hydrogen) atoms. The Morgan fingerprint density at radius 1 is 0.880 bits per heavy atom. The summed E-state index contributed by atoms with van der Waals surface area (Å²) in [6, 6.07) is 16.2. The average Bonchev–Trinajstić information content (AvgIpc) is 2.64. The van der Waals surface area contributed by atoms with E-state index in [4.69, 9.17) is 18.9 Å². The Bertz CT molecular complexity index is 683. The Balaban J connectivity index is 1.72. The second-order valence-corrected chi connectivity index (χ2v) is 5.18. The molecule has 0 saturated heterocycles. The van der Waals surface area contributed by atoms with E-state index in [-0.39, 0.29) is 32.6 Å². The molecule has 0 unspecified atom stereocenters. The van der Waals surface area contributed by atoms with E-state index in [1.165, 1.54) is 7.11 Å². The Morgan fingerprint density at radius 3 is 2.40 bits per heavy atom. The predicted molar refractivity (Wildman–Crippen MR) is 89.6 cm³/mol. The molecule has 0 saturated carbocycles. The minimum atomic E-state index is -0.474. The van der Waals surface area contributed by atoms with E-state index in [0.29, 0.717) is 5.56 Å². The summed E-state index contributed by atoms with van der Waals surface area (Å²) < 4.78 is 19.9. The lowest BCUT2D eigenvalue weighted by Gasteiger charge is -2.08. The van der Waals surface area contributed by atoms with Crippen LogP contribution in [0.3, 0.4) is 0 Å². The molecule has 6 nitrogen and oxygen atoms in total. The van der Waals surface area contributed by atoms with Crippen LogP contribution >= 0.6 is 0 Å². The van der Waals surface area contributed by atoms with E-state index in [2.05, 4.69) is 0 Å². The summed E-state index contributed by atoms with van der Waals surface area (Å²) in [6.45, 7) is -0.0367. The molecule has 0 aliphatic heterocycles. The van der Waals surface area contributed by atoms with Crippen molar-refractivity contribution in [2.45, 2.75) is 13.0 Å². The number of carbonyl (C=O) groups is 2. The van der Waals surface area contributed by atoms with Gasteiger partial charge in [-0.25, -0.2) is 4.79 Å². The smallest absolute Gasteiger partial charge is 0.340 e. The van der Waals surface area contributed by atoms with E-state index in [9.17, 15) is 9.59 Å². The lowest BCUT2D eigenvalue weighted by atomic mass is 10.1. The summed E-state index contributed by atoms with van der Waals surface area (Å²) in [5, 5.41) is 0. The van der Waals surface area contributed by atoms with Crippen molar-refractivity contribution < 1.29 is 28.5 Å². The number of carbonyl (C=O) groups excluding carboxylic acids is 2. The summed E-state index contributed by atoms with van der Waals surface area (Å²) in [5.41, 5.74) is 2.06. The van der Waals surface area contributed by atoms with Crippen molar-refractivity contribution in [3.63, 3.8) is 0 Å². The van der Waals surface area contributed by atoms with Gasteiger partial charge in [0.15, 0.2) is 13.6 Å². The quantitative estimate of drug-likeness (QED) is 0.396. The van der Waals surface area contributed by atoms with Crippen LogP contribution in [0.15, 0.2) is 54.6 Å². The van der Waals surface area contributed by atoms with Crippen LogP contribution in [0.1, 0.15) is 21.5 Å². The lowest BCUT2D eigenvalue weighted by molar-refractivity contribution is -0.156. The molecule has 2 aromatic rings. The molecule has 0 radical (unpaired) electrons. The first kappa shape index (κ1) is 18.6. The predicted octanol–water partition coefficient (Wildman–Crippen LogP) is 2.71. The summed E-state index contributed by atoms with van der Waals surface area (Å²) >= 11 is 0. The molecule has 0 aromatic heterocycles. The molecule has 0 amide bonds. The number of rotatable bonds is 9. The van der Waals surface area contributed by atoms with Crippen LogP contribution < -0.4 is 0 Å². The van der Waals surface area contributed by atoms with Gasteiger partial charge in [0.2, 0.25) is 0 Å². The maximum Gasteiger partial charge on any atom is 0.340 e. The molecule has 0 bridgehead atoms. The van der Waals surface area contributed by atoms with Crippen molar-refractivity contribution in [2.24, 2.45) is 0 Å². The van der Waals surface area contributed by atoms with Crippen LogP contribution in [-0.4, -0.2) is 32.6 Å². The summed E-state index contributed by atoms with van der Waals surface area (Å²) in [5.74, 6) is -0.832. The Morgan fingerprint density at radius 2 is 1.64 bits per heavy atom. The minimum Gasteiger partial charge on any atom is -0.438 e. The number of hydrogen-bond acceptors (Lipinski definition) is 6. The highest BCUT2D eigenvalue weighted by atomic mass is 16.7. The van der Waals surface area contributed by atoms with Gasteiger partial charge in [0.1, 0.15) is 0 Å². The summed E-state index contributed by atoms with van der Waals surface area (Å²) in [7, 11) is 1.44. The van der Waals surface area contributed by atoms with Crippen LogP contribution in [0.4, 0.5) is 0 Å². The first-order chi connectivity index (χ1) is 12.2. The fraction of sp³-hybridized carbons (Fsp3) is 0.263. The van der Waals surface area contributed by atoms with Gasteiger partial charge in [-0.3, -0.25) is 4.79 Å². The van der Waals surface area contributed by atoms with Crippen LogP contribution in [-0.2, 0) is 36.8 Å². The molecule has 0 spiro atoms. The van der Waals surface area contributed by atoms with Gasteiger partial charge < -0.3 is 18.9 Å². The molecule has 132 valence electrons. The molecule has 0 N–H and O–H groups in total. The number of hydrogen-bond donors (Lipinski definition) is 0. The van der Waals surface area contributed by atoms with Crippen molar-refractivity contribution >= 4 is 11.9 Å². The third-order valence-corrected chi connectivity index (χ3v) is 3.23. The van der Waals surface area contributed by atoms with Crippen LogP contribution in [0.25, 0.3) is 0 Å². The van der Waals surface area contributed by atoms with Crippen LogP contribution in [0.2, 0.25) is 0 Å². The SMILES string of the molecule is COCOC(=O)c1cccc(COCOC(=O)Cc2ccccc2)c1. The number of methoxy groups -OCH3 is 1. The number of esters is 2. The fourth-order valence-corrected chi connectivity index (χ4v) is 2.06. The third kappa shape index (κ3) is 6.74. The van der Waals surface area contributed by atoms with E-state index in [1.807, 2.05) is 30.3 Å². The minimum absolute atomic E-state index is 0.100. The van der Waals surface area contributed by atoms with Gasteiger partial charge >= 0.3 is 11.9 Å². The van der Waals surface area contributed by atoms with Gasteiger partial charge in [-0.1, -0.05) is 42.5 Å². The Kier molecular flexibility index (Phi) is 7.62. The second-order valence-electron chi connectivity index (χ2n) is 5.18. The highest BCUT2D eigenvalue weighted by Gasteiger charge is 2.08. The second kappa shape index (κ2) is 10.2. The van der Waals surface area contributed by atoms with Crippen molar-refractivity contribution in [2.75, 3.05) is 20.7 Å². The zero-order chi connectivity index (χ0) is 17.9. The largest absolute Gasteiger partial charge is 0.438 e. The van der Waals surface area contributed by atoms with E-state index in [0.717, 1.165) is 11.1 Å². The van der Waals surface area contributed by atoms with Crippen molar-refractivity contribution in [1.82, 2.24) is 0 Å². The fourth-order valence-electron chi connectivity index (χ4n) is 2.06. The molecule has 0 atom stereocenters. The molecular formula is C19H20O6. The van der Waals surface area contributed by atoms with Crippen molar-refractivity contribution in [3.05, 3.63) is 71.3 Å². The number of ether oxygens (including phenoxy) is 4. The highest BCUT2D eigenvalue weighted by Crippen LogP contribution is 2.08. The van der Waals surface area contributed by atoms with E-state index in [1.54, 1.807) is 24.3 Å². The number of benzene rings is 2. The topological polar surface area (TPSA) is 71.1 Å². The molecule has 0 fully saturated rings. The lowest BCUT2D eigenvalue weighted by Crippen LogP contribution is -2.11. The summed E-state index contributed by atoms with van der Waals surface area (Å²) in [6.07, 6.45) is 0.199. The van der Waals surface area contributed by atoms with Gasteiger partial charge in [0.05, 0.1) is 18.6 Å². The Hall–Kier alpha value is -2.70. The molecule has 0 aliphatic rings. The van der Waals surface area contributed by atoms with Gasteiger partial charge in [-0.15, -0.1) is 0 Å². The van der Waals surface area contributed by atoms with E-state index < -0.39 is 5.97 Å². The standard InChI is InChI=1S/C19H20O6/c1-22-13-25-19(21)17-9-5-8-16(10-17)12-23-14-24-18(20)11-15-6-3-2-4-7-15/h2-10H,11-14H2,1H3. The normalized spacial score (nSPS) is 10.3. The first-order valence-corrected chi connectivity index (χ1v) is 7.71. The average molecular weight is 344 g/mol. The van der Waals surface area contributed by atoms with Crippen LogP contribution in [0.5, 0.6) is 0 Å². The zero-order valence-corrected chi connectivity index (χ0v) is 14.0. The molecule has 0 aliphatic carbocycles. The first-order valence-electron chi connectivity index (χ1n) is 7.71. The van der Waals surface area contributed by atoms with Gasteiger partial charge in [0.25, 0.3) is 0 Å². The van der Waals surface area contributed by atoms with Crippen molar-refractivity contribution in [3.8, 4) is 0 Å². The maximum atomic E-state index is 11.7. The van der Waals surface area contributed by atoms with E-state index >= 15 is 0 Å². The zero-order valence-electron chi connectivity index (χ0n) is 14.0. The monoisotopic (exact) mass is 344 g/mol. The van der Waals surface area contributed by atoms with Gasteiger partial charge in [-0.05, 0) is 23.3 Å². The maximum absolute atomic E-state index is 11.7. The van der Waals surface area contributed by atoms with Gasteiger partial charge in [0, 0.05) is 7.11 Å². The molecule has 2 rings (SSSR count). The molecule has 2 aromatic carbocycles. The highest BCUT2D eigenvalue weighted by molar-refractivity contribution is 5.89.